The molecule has 222 valence electrons. The molecule has 0 saturated heterocycles. The molecule has 0 spiro atoms. The van der Waals surface area contributed by atoms with Gasteiger partial charge in [0.05, 0.1) is 45.1 Å². The second kappa shape index (κ2) is 16.0. The molecule has 42 heavy (non-hydrogen) atoms. The Bertz CT molecular complexity index is 1360. The standard InChI is InChI=1S/C34H36Br2O6/c1-23-15-28(38-4)34(36)29(16-23)41-31(21-39-19-25-11-7-5-8-12-25)32(22-40-20-26-13-9-6-10-14-26)42-30-18-27(37-3)17-24(2)33(30)35/h5-18,31-32H,19-22H2,1-4H3/t31-,32-/m1/s1. The van der Waals surface area contributed by atoms with Crippen molar-refractivity contribution < 1.29 is 28.4 Å². The number of aryl methyl sites for hydroxylation is 2. The van der Waals surface area contributed by atoms with Gasteiger partial charge in [0, 0.05) is 6.07 Å². The summed E-state index contributed by atoms with van der Waals surface area (Å²) in [6.07, 6.45) is -1.10. The average molecular weight is 700 g/mol. The zero-order valence-electron chi connectivity index (χ0n) is 24.3. The third-order valence-corrected chi connectivity index (χ3v) is 8.36. The van der Waals surface area contributed by atoms with Crippen LogP contribution in [-0.2, 0) is 22.7 Å². The molecule has 0 aliphatic heterocycles. The van der Waals surface area contributed by atoms with Crippen LogP contribution in [-0.4, -0.2) is 39.6 Å². The van der Waals surface area contributed by atoms with Gasteiger partial charge in [0.1, 0.15) is 27.5 Å². The van der Waals surface area contributed by atoms with Crippen molar-refractivity contribution in [2.45, 2.75) is 39.3 Å². The molecule has 0 aliphatic rings. The summed E-state index contributed by atoms with van der Waals surface area (Å²) in [5.74, 6) is 2.62. The Hall–Kier alpha value is -3.04. The molecule has 0 aliphatic carbocycles. The Labute approximate surface area is 265 Å². The molecule has 4 aromatic rings. The predicted molar refractivity (Wildman–Crippen MR) is 172 cm³/mol. The molecule has 4 aromatic carbocycles. The summed E-state index contributed by atoms with van der Waals surface area (Å²) >= 11 is 7.36. The SMILES string of the molecule is COc1cc(C)c(Br)c(O[C@H](COCc2ccccc2)[C@@H](COCc2ccccc2)Oc2cc(C)cc(OC)c2Br)c1. The first-order valence-electron chi connectivity index (χ1n) is 13.6. The lowest BCUT2D eigenvalue weighted by Gasteiger charge is -2.30. The van der Waals surface area contributed by atoms with E-state index in [0.29, 0.717) is 40.7 Å². The Balaban J connectivity index is 1.65. The van der Waals surface area contributed by atoms with Gasteiger partial charge >= 0.3 is 0 Å². The maximum atomic E-state index is 6.67. The monoisotopic (exact) mass is 698 g/mol. The maximum absolute atomic E-state index is 6.67. The molecule has 0 unspecified atom stereocenters. The normalized spacial score (nSPS) is 12.4. The average Bonchev–Trinajstić information content (AvgIpc) is 3.00. The first-order chi connectivity index (χ1) is 20.4. The Morgan fingerprint density at radius 3 is 1.60 bits per heavy atom. The highest BCUT2D eigenvalue weighted by atomic mass is 79.9. The summed E-state index contributed by atoms with van der Waals surface area (Å²) in [6.45, 7) is 5.34. The highest BCUT2D eigenvalue weighted by Gasteiger charge is 2.29. The molecule has 6 nitrogen and oxygen atoms in total. The predicted octanol–water partition coefficient (Wildman–Crippen LogP) is 8.47. The lowest BCUT2D eigenvalue weighted by molar-refractivity contribution is -0.0550. The molecule has 4 rings (SSSR count). The maximum Gasteiger partial charge on any atom is 0.161 e. The van der Waals surface area contributed by atoms with Crippen LogP contribution in [0.4, 0.5) is 0 Å². The number of rotatable bonds is 15. The second-order valence-corrected chi connectivity index (χ2v) is 11.4. The smallest absolute Gasteiger partial charge is 0.161 e. The lowest BCUT2D eigenvalue weighted by Crippen LogP contribution is -2.43. The van der Waals surface area contributed by atoms with Gasteiger partial charge < -0.3 is 28.4 Å². The molecule has 0 fully saturated rings. The minimum atomic E-state index is -0.550. The van der Waals surface area contributed by atoms with Crippen molar-refractivity contribution in [3.63, 3.8) is 0 Å². The van der Waals surface area contributed by atoms with Crippen LogP contribution in [0.3, 0.4) is 0 Å². The quantitative estimate of drug-likeness (QED) is 0.124. The summed E-state index contributed by atoms with van der Waals surface area (Å²) in [4.78, 5) is 0. The van der Waals surface area contributed by atoms with Gasteiger partial charge in [-0.1, -0.05) is 60.7 Å². The van der Waals surface area contributed by atoms with Crippen molar-refractivity contribution >= 4 is 31.9 Å². The molecule has 0 amide bonds. The van der Waals surface area contributed by atoms with Gasteiger partial charge in [-0.05, 0) is 86.2 Å². The highest BCUT2D eigenvalue weighted by Crippen LogP contribution is 2.38. The fourth-order valence-electron chi connectivity index (χ4n) is 4.34. The van der Waals surface area contributed by atoms with E-state index in [1.807, 2.05) is 98.8 Å². The summed E-state index contributed by atoms with van der Waals surface area (Å²) in [5, 5.41) is 0. The third-order valence-electron chi connectivity index (χ3n) is 6.56. The first kappa shape index (κ1) is 31.9. The van der Waals surface area contributed by atoms with E-state index in [9.17, 15) is 0 Å². The van der Waals surface area contributed by atoms with Crippen LogP contribution in [0.5, 0.6) is 23.0 Å². The molecular weight excluding hydrogens is 664 g/mol. The topological polar surface area (TPSA) is 55.4 Å². The number of ether oxygens (including phenoxy) is 6. The largest absolute Gasteiger partial charge is 0.497 e. The van der Waals surface area contributed by atoms with Crippen molar-refractivity contribution in [2.24, 2.45) is 0 Å². The molecule has 0 saturated carbocycles. The van der Waals surface area contributed by atoms with Gasteiger partial charge in [0.2, 0.25) is 0 Å². The van der Waals surface area contributed by atoms with E-state index in [2.05, 4.69) is 31.9 Å². The van der Waals surface area contributed by atoms with Crippen molar-refractivity contribution in [2.75, 3.05) is 27.4 Å². The van der Waals surface area contributed by atoms with Crippen LogP contribution in [0.25, 0.3) is 0 Å². The summed E-state index contributed by atoms with van der Waals surface area (Å²) < 4.78 is 38.4. The minimum Gasteiger partial charge on any atom is -0.497 e. The van der Waals surface area contributed by atoms with Crippen molar-refractivity contribution in [1.29, 1.82) is 0 Å². The van der Waals surface area contributed by atoms with Gasteiger partial charge in [-0.2, -0.15) is 0 Å². The fraction of sp³-hybridized carbons (Fsp3) is 0.294. The van der Waals surface area contributed by atoms with E-state index in [0.717, 1.165) is 26.7 Å². The Morgan fingerprint density at radius 1 is 0.595 bits per heavy atom. The van der Waals surface area contributed by atoms with Gasteiger partial charge in [0.15, 0.2) is 12.2 Å². The van der Waals surface area contributed by atoms with E-state index >= 15 is 0 Å². The fourth-order valence-corrected chi connectivity index (χ4v) is 5.15. The zero-order chi connectivity index (χ0) is 29.9. The summed E-state index contributed by atoms with van der Waals surface area (Å²) in [5.41, 5.74) is 4.12. The van der Waals surface area contributed by atoms with E-state index in [-0.39, 0.29) is 13.2 Å². The Morgan fingerprint density at radius 2 is 1.10 bits per heavy atom. The van der Waals surface area contributed by atoms with Gasteiger partial charge in [0.25, 0.3) is 0 Å². The Kier molecular flexibility index (Phi) is 12.1. The molecule has 0 N–H and O–H groups in total. The van der Waals surface area contributed by atoms with Gasteiger partial charge in [-0.15, -0.1) is 0 Å². The molecule has 0 radical (unpaired) electrons. The molecule has 2 atom stereocenters. The van der Waals surface area contributed by atoms with E-state index in [1.165, 1.54) is 0 Å². The van der Waals surface area contributed by atoms with Crippen molar-refractivity contribution in [1.82, 2.24) is 0 Å². The van der Waals surface area contributed by atoms with E-state index < -0.39 is 12.2 Å². The van der Waals surface area contributed by atoms with Crippen molar-refractivity contribution in [3.05, 3.63) is 116 Å². The highest BCUT2D eigenvalue weighted by molar-refractivity contribution is 9.11. The van der Waals surface area contributed by atoms with Gasteiger partial charge in [-0.3, -0.25) is 0 Å². The molecule has 8 heteroatoms. The van der Waals surface area contributed by atoms with E-state index in [4.69, 9.17) is 28.4 Å². The van der Waals surface area contributed by atoms with Crippen LogP contribution in [0.2, 0.25) is 0 Å². The molecule has 0 aromatic heterocycles. The number of hydrogen-bond donors (Lipinski definition) is 0. The zero-order valence-corrected chi connectivity index (χ0v) is 27.4. The molecule has 0 bridgehead atoms. The first-order valence-corrected chi connectivity index (χ1v) is 15.2. The van der Waals surface area contributed by atoms with E-state index in [1.54, 1.807) is 14.2 Å². The number of methoxy groups -OCH3 is 2. The summed E-state index contributed by atoms with van der Waals surface area (Å²) in [7, 11) is 3.27. The third kappa shape index (κ3) is 8.98. The lowest BCUT2D eigenvalue weighted by atomic mass is 10.1. The number of hydrogen-bond acceptors (Lipinski definition) is 6. The van der Waals surface area contributed by atoms with Crippen LogP contribution in [0.15, 0.2) is 93.9 Å². The van der Waals surface area contributed by atoms with Crippen LogP contribution in [0.1, 0.15) is 22.3 Å². The van der Waals surface area contributed by atoms with Crippen LogP contribution < -0.4 is 18.9 Å². The molecule has 0 heterocycles. The number of benzene rings is 4. The summed E-state index contributed by atoms with van der Waals surface area (Å²) in [6, 6.07) is 27.8. The minimum absolute atomic E-state index is 0.248. The number of halogens is 2. The molecular formula is C34H36Br2O6. The van der Waals surface area contributed by atoms with Crippen LogP contribution in [0, 0.1) is 13.8 Å². The van der Waals surface area contributed by atoms with Crippen LogP contribution >= 0.6 is 31.9 Å². The van der Waals surface area contributed by atoms with Crippen molar-refractivity contribution in [3.8, 4) is 23.0 Å². The van der Waals surface area contributed by atoms with Gasteiger partial charge in [-0.25, -0.2) is 0 Å². The second-order valence-electron chi connectivity index (χ2n) is 9.85.